The molecule has 2 aromatic rings. The standard InChI is InChI=1S/C14H11BrN2O4/c15-8-3-4-9(14(19)20)10(5-8)16-13(18)11-6-12(21-17-11)7-1-2-7/h3-7H,1-2H2,(H,16,18)(H,19,20). The molecule has 2 N–H and O–H groups in total. The molecule has 0 unspecified atom stereocenters. The fraction of sp³-hybridized carbons (Fsp3) is 0.214. The number of aromatic carboxylic acids is 1. The van der Waals surface area contributed by atoms with Gasteiger partial charge in [0.15, 0.2) is 5.69 Å². The summed E-state index contributed by atoms with van der Waals surface area (Å²) < 4.78 is 5.78. The average molecular weight is 351 g/mol. The van der Waals surface area contributed by atoms with E-state index in [1.54, 1.807) is 12.1 Å². The molecule has 1 saturated carbocycles. The van der Waals surface area contributed by atoms with Crippen LogP contribution in [0.5, 0.6) is 0 Å². The summed E-state index contributed by atoms with van der Waals surface area (Å²) in [5.41, 5.74) is 0.364. The molecular weight excluding hydrogens is 340 g/mol. The topological polar surface area (TPSA) is 92.4 Å². The Bertz CT molecular complexity index is 722. The Labute approximate surface area is 128 Å². The first-order valence-corrected chi connectivity index (χ1v) is 7.14. The van der Waals surface area contributed by atoms with Gasteiger partial charge < -0.3 is 14.9 Å². The van der Waals surface area contributed by atoms with Gasteiger partial charge in [-0.1, -0.05) is 21.1 Å². The normalized spacial score (nSPS) is 14.0. The molecule has 0 bridgehead atoms. The molecule has 6 nitrogen and oxygen atoms in total. The number of carbonyl (C=O) groups is 2. The average Bonchev–Trinajstić information content (AvgIpc) is 3.16. The first-order valence-electron chi connectivity index (χ1n) is 6.35. The Morgan fingerprint density at radius 3 is 2.76 bits per heavy atom. The fourth-order valence-corrected chi connectivity index (χ4v) is 2.31. The third-order valence-electron chi connectivity index (χ3n) is 3.20. The maximum atomic E-state index is 12.1. The minimum absolute atomic E-state index is 0.0115. The number of amides is 1. The van der Waals surface area contributed by atoms with Gasteiger partial charge in [-0.3, -0.25) is 4.79 Å². The van der Waals surface area contributed by atoms with E-state index in [0.29, 0.717) is 16.2 Å². The Kier molecular flexibility index (Phi) is 3.50. The Hall–Kier alpha value is -2.15. The van der Waals surface area contributed by atoms with Crippen molar-refractivity contribution in [3.8, 4) is 0 Å². The van der Waals surface area contributed by atoms with Crippen LogP contribution in [0.2, 0.25) is 0 Å². The predicted octanol–water partition coefficient (Wildman–Crippen LogP) is 3.27. The number of nitrogens with one attached hydrogen (secondary N) is 1. The number of carboxylic acids is 1. The molecule has 0 spiro atoms. The van der Waals surface area contributed by atoms with Crippen molar-refractivity contribution in [2.75, 3.05) is 5.32 Å². The number of aromatic nitrogens is 1. The highest BCUT2D eigenvalue weighted by atomic mass is 79.9. The van der Waals surface area contributed by atoms with Crippen molar-refractivity contribution in [1.29, 1.82) is 0 Å². The zero-order valence-electron chi connectivity index (χ0n) is 10.8. The van der Waals surface area contributed by atoms with Crippen molar-refractivity contribution in [2.45, 2.75) is 18.8 Å². The molecule has 1 fully saturated rings. The first-order chi connectivity index (χ1) is 10.0. The molecule has 1 aliphatic rings. The summed E-state index contributed by atoms with van der Waals surface area (Å²) in [5.74, 6) is -0.546. The van der Waals surface area contributed by atoms with Crippen molar-refractivity contribution in [3.63, 3.8) is 0 Å². The minimum Gasteiger partial charge on any atom is -0.478 e. The summed E-state index contributed by atoms with van der Waals surface area (Å²) in [4.78, 5) is 23.3. The van der Waals surface area contributed by atoms with Gasteiger partial charge in [-0.05, 0) is 31.0 Å². The lowest BCUT2D eigenvalue weighted by Gasteiger charge is -2.07. The SMILES string of the molecule is O=C(Nc1cc(Br)ccc1C(=O)O)c1cc(C2CC2)on1. The van der Waals surface area contributed by atoms with Gasteiger partial charge in [0.2, 0.25) is 0 Å². The number of hydrogen-bond acceptors (Lipinski definition) is 4. The molecule has 1 aromatic heterocycles. The summed E-state index contributed by atoms with van der Waals surface area (Å²) in [6, 6.07) is 6.15. The Balaban J connectivity index is 1.83. The number of rotatable bonds is 4. The number of hydrogen-bond donors (Lipinski definition) is 2. The molecule has 3 rings (SSSR count). The van der Waals surface area contributed by atoms with E-state index in [-0.39, 0.29) is 16.9 Å². The van der Waals surface area contributed by atoms with Gasteiger partial charge in [-0.15, -0.1) is 0 Å². The molecule has 0 atom stereocenters. The second kappa shape index (κ2) is 5.33. The maximum Gasteiger partial charge on any atom is 0.337 e. The molecule has 1 amide bonds. The quantitative estimate of drug-likeness (QED) is 0.882. The number of halogens is 1. The maximum absolute atomic E-state index is 12.1. The highest BCUT2D eigenvalue weighted by Crippen LogP contribution is 2.40. The molecular formula is C14H11BrN2O4. The van der Waals surface area contributed by atoms with Crippen LogP contribution in [0.25, 0.3) is 0 Å². The zero-order valence-corrected chi connectivity index (χ0v) is 12.4. The fourth-order valence-electron chi connectivity index (χ4n) is 1.95. The van der Waals surface area contributed by atoms with Crippen LogP contribution >= 0.6 is 15.9 Å². The van der Waals surface area contributed by atoms with E-state index in [4.69, 9.17) is 9.63 Å². The van der Waals surface area contributed by atoms with Crippen molar-refractivity contribution < 1.29 is 19.2 Å². The second-order valence-corrected chi connectivity index (χ2v) is 5.75. The number of carboxylic acid groups (broad SMARTS) is 1. The number of benzene rings is 1. The monoisotopic (exact) mass is 350 g/mol. The Morgan fingerprint density at radius 2 is 2.10 bits per heavy atom. The van der Waals surface area contributed by atoms with E-state index in [1.165, 1.54) is 12.1 Å². The van der Waals surface area contributed by atoms with Crippen LogP contribution in [-0.2, 0) is 0 Å². The summed E-state index contributed by atoms with van der Waals surface area (Å²) >= 11 is 3.24. The third-order valence-corrected chi connectivity index (χ3v) is 3.69. The smallest absolute Gasteiger partial charge is 0.337 e. The van der Waals surface area contributed by atoms with Crippen LogP contribution in [-0.4, -0.2) is 22.1 Å². The van der Waals surface area contributed by atoms with Gasteiger partial charge in [-0.2, -0.15) is 0 Å². The van der Waals surface area contributed by atoms with Crippen LogP contribution in [0.15, 0.2) is 33.3 Å². The summed E-state index contributed by atoms with van der Waals surface area (Å²) in [6.45, 7) is 0. The molecule has 21 heavy (non-hydrogen) atoms. The molecule has 7 heteroatoms. The summed E-state index contributed by atoms with van der Waals surface area (Å²) in [5, 5.41) is 15.4. The van der Waals surface area contributed by atoms with E-state index >= 15 is 0 Å². The van der Waals surface area contributed by atoms with Gasteiger partial charge in [0.25, 0.3) is 5.91 Å². The Morgan fingerprint density at radius 1 is 1.33 bits per heavy atom. The molecule has 108 valence electrons. The largest absolute Gasteiger partial charge is 0.478 e. The molecule has 1 aliphatic carbocycles. The van der Waals surface area contributed by atoms with E-state index in [9.17, 15) is 9.59 Å². The number of anilines is 1. The molecule has 0 radical (unpaired) electrons. The van der Waals surface area contributed by atoms with E-state index in [1.807, 2.05) is 0 Å². The van der Waals surface area contributed by atoms with Crippen LogP contribution in [0.3, 0.4) is 0 Å². The minimum atomic E-state index is -1.11. The van der Waals surface area contributed by atoms with Gasteiger partial charge >= 0.3 is 5.97 Å². The first kappa shape index (κ1) is 13.8. The highest BCUT2D eigenvalue weighted by Gasteiger charge is 2.29. The third kappa shape index (κ3) is 2.97. The predicted molar refractivity (Wildman–Crippen MR) is 77.5 cm³/mol. The van der Waals surface area contributed by atoms with Gasteiger partial charge in [0, 0.05) is 16.5 Å². The van der Waals surface area contributed by atoms with E-state index in [2.05, 4.69) is 26.4 Å². The van der Waals surface area contributed by atoms with Crippen molar-refractivity contribution in [1.82, 2.24) is 5.16 Å². The highest BCUT2D eigenvalue weighted by molar-refractivity contribution is 9.10. The molecule has 0 aliphatic heterocycles. The molecule has 1 heterocycles. The molecule has 1 aromatic carbocycles. The number of carbonyl (C=O) groups excluding carboxylic acids is 1. The number of nitrogens with zero attached hydrogens (tertiary/aromatic N) is 1. The van der Waals surface area contributed by atoms with Crippen LogP contribution in [0, 0.1) is 0 Å². The van der Waals surface area contributed by atoms with Crippen LogP contribution in [0.4, 0.5) is 5.69 Å². The lowest BCUT2D eigenvalue weighted by atomic mass is 10.1. The summed E-state index contributed by atoms with van der Waals surface area (Å²) in [6.07, 6.45) is 2.09. The van der Waals surface area contributed by atoms with E-state index < -0.39 is 11.9 Å². The van der Waals surface area contributed by atoms with Gasteiger partial charge in [0.1, 0.15) is 5.76 Å². The van der Waals surface area contributed by atoms with Gasteiger partial charge in [-0.25, -0.2) is 4.79 Å². The lowest BCUT2D eigenvalue weighted by Crippen LogP contribution is -2.15. The van der Waals surface area contributed by atoms with Crippen molar-refractivity contribution in [2.24, 2.45) is 0 Å². The van der Waals surface area contributed by atoms with Crippen LogP contribution < -0.4 is 5.32 Å². The van der Waals surface area contributed by atoms with Crippen LogP contribution in [0.1, 0.15) is 45.4 Å². The lowest BCUT2D eigenvalue weighted by molar-refractivity contribution is 0.0698. The van der Waals surface area contributed by atoms with Gasteiger partial charge in [0.05, 0.1) is 11.3 Å². The van der Waals surface area contributed by atoms with Crippen molar-refractivity contribution >= 4 is 33.5 Å². The zero-order chi connectivity index (χ0) is 15.0. The summed E-state index contributed by atoms with van der Waals surface area (Å²) in [7, 11) is 0. The second-order valence-electron chi connectivity index (χ2n) is 4.84. The van der Waals surface area contributed by atoms with E-state index in [0.717, 1.165) is 12.8 Å². The molecule has 0 saturated heterocycles. The van der Waals surface area contributed by atoms with Crippen molar-refractivity contribution in [3.05, 3.63) is 45.8 Å².